The van der Waals surface area contributed by atoms with Gasteiger partial charge in [0.1, 0.15) is 0 Å². The van der Waals surface area contributed by atoms with E-state index in [0.29, 0.717) is 0 Å². The van der Waals surface area contributed by atoms with Crippen LogP contribution >= 0.6 is 15.9 Å². The fraction of sp³-hybridized carbons (Fsp3) is 0.125. The highest BCUT2D eigenvalue weighted by molar-refractivity contribution is 9.08. The number of amidine groups is 1. The monoisotopic (exact) mass is 240 g/mol. The van der Waals surface area contributed by atoms with E-state index in [1.54, 1.807) is 0 Å². The summed E-state index contributed by atoms with van der Waals surface area (Å²) in [6, 6.07) is 8.16. The maximum atomic E-state index is 4.01. The number of nitrogens with one attached hydrogen (secondary N) is 3. The predicted molar refractivity (Wildman–Crippen MR) is 55.0 cm³/mol. The van der Waals surface area contributed by atoms with E-state index in [-0.39, 0.29) is 0 Å². The molecule has 0 atom stereocenters. The first kappa shape index (κ1) is 8.52. The quantitative estimate of drug-likeness (QED) is 0.673. The maximum Gasteiger partial charge on any atom is 0.170 e. The van der Waals surface area contributed by atoms with Crippen LogP contribution in [0.2, 0.25) is 0 Å². The zero-order valence-corrected chi connectivity index (χ0v) is 8.43. The average Bonchev–Trinajstić information content (AvgIpc) is 2.71. The molecule has 1 aromatic carbocycles. The van der Waals surface area contributed by atoms with Gasteiger partial charge in [-0.3, -0.25) is 5.43 Å². The minimum atomic E-state index is 0.808. The van der Waals surface area contributed by atoms with Crippen molar-refractivity contribution in [2.45, 2.75) is 5.33 Å². The number of hydrogen-bond donors (Lipinski definition) is 3. The highest BCUT2D eigenvalue weighted by Crippen LogP contribution is 2.09. The number of halogens is 1. The van der Waals surface area contributed by atoms with Crippen LogP contribution in [0.4, 0.5) is 0 Å². The Morgan fingerprint density at radius 1 is 1.38 bits per heavy atom. The number of hydrazone groups is 1. The van der Waals surface area contributed by atoms with Gasteiger partial charge in [-0.25, -0.2) is 5.53 Å². The van der Waals surface area contributed by atoms with Crippen molar-refractivity contribution in [2.75, 3.05) is 0 Å². The molecule has 13 heavy (non-hydrogen) atoms. The van der Waals surface area contributed by atoms with E-state index in [1.807, 2.05) is 12.1 Å². The van der Waals surface area contributed by atoms with Crippen molar-refractivity contribution >= 4 is 21.8 Å². The Hall–Kier alpha value is -1.07. The van der Waals surface area contributed by atoms with Gasteiger partial charge in [0.25, 0.3) is 0 Å². The second-order valence-electron chi connectivity index (χ2n) is 2.66. The molecule has 0 spiro atoms. The molecule has 1 aliphatic heterocycles. The van der Waals surface area contributed by atoms with Crippen molar-refractivity contribution in [3.05, 3.63) is 35.4 Å². The Kier molecular flexibility index (Phi) is 2.47. The average molecular weight is 241 g/mol. The molecule has 1 aromatic rings. The Bertz CT molecular complexity index is 337. The van der Waals surface area contributed by atoms with Crippen LogP contribution in [0.3, 0.4) is 0 Å². The number of hydrogen-bond acceptors (Lipinski definition) is 4. The van der Waals surface area contributed by atoms with Crippen LogP contribution in [0, 0.1) is 0 Å². The fourth-order valence-corrected chi connectivity index (χ4v) is 1.49. The minimum absolute atomic E-state index is 0.808. The van der Waals surface area contributed by atoms with Crippen LogP contribution in [0.5, 0.6) is 0 Å². The molecule has 1 heterocycles. The predicted octanol–water partition coefficient (Wildman–Crippen LogP) is 0.855. The highest BCUT2D eigenvalue weighted by atomic mass is 79.9. The van der Waals surface area contributed by atoms with Crippen molar-refractivity contribution in [1.82, 2.24) is 16.5 Å². The first-order valence-electron chi connectivity index (χ1n) is 3.89. The van der Waals surface area contributed by atoms with Gasteiger partial charge in [0.2, 0.25) is 0 Å². The molecule has 3 N–H and O–H groups in total. The summed E-state index contributed by atoms with van der Waals surface area (Å²) in [4.78, 5) is 0. The zero-order valence-electron chi connectivity index (χ0n) is 6.84. The Balaban J connectivity index is 2.29. The van der Waals surface area contributed by atoms with Gasteiger partial charge in [-0.2, -0.15) is 0 Å². The summed E-state index contributed by atoms with van der Waals surface area (Å²) < 4.78 is 0. The van der Waals surface area contributed by atoms with E-state index in [9.17, 15) is 0 Å². The first-order valence-corrected chi connectivity index (χ1v) is 5.01. The van der Waals surface area contributed by atoms with E-state index >= 15 is 0 Å². The van der Waals surface area contributed by atoms with Crippen LogP contribution in [0.25, 0.3) is 0 Å². The van der Waals surface area contributed by atoms with E-state index in [1.165, 1.54) is 5.56 Å². The lowest BCUT2D eigenvalue weighted by atomic mass is 10.1. The molecule has 2 rings (SSSR count). The molecule has 4 nitrogen and oxygen atoms in total. The molecule has 0 fully saturated rings. The van der Waals surface area contributed by atoms with Gasteiger partial charge in [-0.1, -0.05) is 34.1 Å². The van der Waals surface area contributed by atoms with E-state index < -0.39 is 0 Å². The molecule has 0 unspecified atom stereocenters. The lowest BCUT2D eigenvalue weighted by Crippen LogP contribution is -2.35. The third-order valence-electron chi connectivity index (χ3n) is 1.76. The fourth-order valence-electron chi connectivity index (χ4n) is 1.14. The van der Waals surface area contributed by atoms with E-state index in [4.69, 9.17) is 0 Å². The first-order chi connectivity index (χ1) is 6.40. The SMILES string of the molecule is BrCc1cccc(C2=NNNN2)c1. The second kappa shape index (κ2) is 3.76. The number of alkyl halides is 1. The topological polar surface area (TPSA) is 48.5 Å². The summed E-state index contributed by atoms with van der Waals surface area (Å²) in [7, 11) is 0. The molecular formula is C8H9BrN4. The molecule has 0 radical (unpaired) electrons. The molecule has 0 bridgehead atoms. The summed E-state index contributed by atoms with van der Waals surface area (Å²) in [5.41, 5.74) is 10.5. The summed E-state index contributed by atoms with van der Waals surface area (Å²) in [5.74, 6) is 0.808. The zero-order chi connectivity index (χ0) is 9.10. The van der Waals surface area contributed by atoms with Gasteiger partial charge >= 0.3 is 0 Å². The van der Waals surface area contributed by atoms with Crippen LogP contribution < -0.4 is 16.5 Å². The molecule has 0 saturated carbocycles. The molecule has 0 amide bonds. The standard InChI is InChI=1S/C8H9BrN4/c9-5-6-2-1-3-7(4-6)8-10-12-13-11-8/h1-4,12-13H,5H2,(H,10,11). The summed E-state index contributed by atoms with van der Waals surface area (Å²) in [5, 5.41) is 4.87. The van der Waals surface area contributed by atoms with E-state index in [0.717, 1.165) is 16.7 Å². The number of nitrogens with zero attached hydrogens (tertiary/aromatic N) is 1. The molecular weight excluding hydrogens is 232 g/mol. The molecule has 5 heteroatoms. The van der Waals surface area contributed by atoms with Gasteiger partial charge in [-0.05, 0) is 11.6 Å². The van der Waals surface area contributed by atoms with Gasteiger partial charge < -0.3 is 0 Å². The smallest absolute Gasteiger partial charge is 0.170 e. The van der Waals surface area contributed by atoms with Crippen LogP contribution in [-0.4, -0.2) is 5.84 Å². The molecule has 0 aliphatic carbocycles. The van der Waals surface area contributed by atoms with Crippen molar-refractivity contribution in [1.29, 1.82) is 0 Å². The second-order valence-corrected chi connectivity index (χ2v) is 3.22. The van der Waals surface area contributed by atoms with Crippen molar-refractivity contribution in [3.8, 4) is 0 Å². The Morgan fingerprint density at radius 2 is 2.31 bits per heavy atom. The summed E-state index contributed by atoms with van der Waals surface area (Å²) in [6.45, 7) is 0. The van der Waals surface area contributed by atoms with Gasteiger partial charge in [-0.15, -0.1) is 10.6 Å². The molecule has 1 aliphatic rings. The lowest BCUT2D eigenvalue weighted by Gasteiger charge is -2.01. The largest absolute Gasteiger partial charge is 0.285 e. The Labute approximate surface area is 84.5 Å². The summed E-state index contributed by atoms with van der Waals surface area (Å²) in [6.07, 6.45) is 0. The third-order valence-corrected chi connectivity index (χ3v) is 2.41. The van der Waals surface area contributed by atoms with Crippen LogP contribution in [0.1, 0.15) is 11.1 Å². The van der Waals surface area contributed by atoms with Crippen molar-refractivity contribution < 1.29 is 0 Å². The minimum Gasteiger partial charge on any atom is -0.285 e. The lowest BCUT2D eigenvalue weighted by molar-refractivity contribution is 0.577. The maximum absolute atomic E-state index is 4.01. The molecule has 0 aromatic heterocycles. The third kappa shape index (κ3) is 1.81. The number of rotatable bonds is 2. The normalized spacial score (nSPS) is 14.7. The van der Waals surface area contributed by atoms with Gasteiger partial charge in [0.05, 0.1) is 0 Å². The highest BCUT2D eigenvalue weighted by Gasteiger charge is 2.06. The summed E-state index contributed by atoms with van der Waals surface area (Å²) >= 11 is 3.41. The van der Waals surface area contributed by atoms with Crippen molar-refractivity contribution in [3.63, 3.8) is 0 Å². The van der Waals surface area contributed by atoms with Gasteiger partial charge in [0.15, 0.2) is 5.84 Å². The molecule has 0 saturated heterocycles. The number of hydrazine groups is 2. The van der Waals surface area contributed by atoms with Gasteiger partial charge in [0, 0.05) is 10.9 Å². The van der Waals surface area contributed by atoms with Crippen LogP contribution in [-0.2, 0) is 5.33 Å². The van der Waals surface area contributed by atoms with Crippen LogP contribution in [0.15, 0.2) is 29.4 Å². The number of benzene rings is 1. The van der Waals surface area contributed by atoms with Crippen molar-refractivity contribution in [2.24, 2.45) is 5.10 Å². The molecule has 68 valence electrons. The van der Waals surface area contributed by atoms with E-state index in [2.05, 4.69) is 49.7 Å². The Morgan fingerprint density at radius 3 is 3.00 bits per heavy atom.